The first-order valence-corrected chi connectivity index (χ1v) is 6.88. The largest absolute Gasteiger partial charge is 0.487 e. The summed E-state index contributed by atoms with van der Waals surface area (Å²) in [6, 6.07) is 5.48. The van der Waals surface area contributed by atoms with Gasteiger partial charge in [-0.1, -0.05) is 19.3 Å². The minimum absolute atomic E-state index is 0.0241. The molecule has 1 aliphatic carbocycles. The molecule has 19 heavy (non-hydrogen) atoms. The quantitative estimate of drug-likeness (QED) is 0.650. The number of hydrogen-bond donors (Lipinski definition) is 1. The molecular formula is C14H20N2O3. The molecule has 1 N–H and O–H groups in total. The molecule has 1 aliphatic rings. The van der Waals surface area contributed by atoms with E-state index in [1.165, 1.54) is 38.2 Å². The van der Waals surface area contributed by atoms with Crippen LogP contribution in [0.3, 0.4) is 0 Å². The number of nitro benzene ring substituents is 1. The van der Waals surface area contributed by atoms with Gasteiger partial charge in [-0.25, -0.2) is 0 Å². The van der Waals surface area contributed by atoms with E-state index in [9.17, 15) is 10.1 Å². The summed E-state index contributed by atoms with van der Waals surface area (Å²) in [7, 11) is 0. The first kappa shape index (κ1) is 13.6. The molecule has 0 aromatic heterocycles. The maximum absolute atomic E-state index is 10.9. The predicted octanol–water partition coefficient (Wildman–Crippen LogP) is 3.74. The van der Waals surface area contributed by atoms with Gasteiger partial charge in [-0.05, 0) is 25.8 Å². The molecule has 0 aliphatic heterocycles. The van der Waals surface area contributed by atoms with E-state index >= 15 is 0 Å². The molecule has 1 aromatic rings. The zero-order valence-electron chi connectivity index (χ0n) is 11.2. The molecule has 1 fully saturated rings. The highest BCUT2D eigenvalue weighted by Crippen LogP contribution is 2.31. The summed E-state index contributed by atoms with van der Waals surface area (Å²) in [5.74, 6) is 0.341. The third-order valence-corrected chi connectivity index (χ3v) is 3.43. The zero-order valence-corrected chi connectivity index (χ0v) is 11.2. The second kappa shape index (κ2) is 6.41. The van der Waals surface area contributed by atoms with Crippen LogP contribution >= 0.6 is 0 Å². The van der Waals surface area contributed by atoms with Crippen molar-refractivity contribution in [3.05, 3.63) is 28.3 Å². The van der Waals surface area contributed by atoms with Gasteiger partial charge in [0.2, 0.25) is 0 Å². The van der Waals surface area contributed by atoms with Gasteiger partial charge < -0.3 is 10.1 Å². The average molecular weight is 264 g/mol. The van der Waals surface area contributed by atoms with Crippen molar-refractivity contribution in [2.45, 2.75) is 45.1 Å². The normalized spacial score (nSPS) is 16.1. The van der Waals surface area contributed by atoms with Crippen LogP contribution in [-0.4, -0.2) is 17.6 Å². The number of anilines is 1. The van der Waals surface area contributed by atoms with Gasteiger partial charge in [-0.15, -0.1) is 0 Å². The molecule has 0 heterocycles. The van der Waals surface area contributed by atoms with Crippen molar-refractivity contribution in [2.24, 2.45) is 0 Å². The van der Waals surface area contributed by atoms with Gasteiger partial charge in [0.1, 0.15) is 0 Å². The summed E-state index contributed by atoms with van der Waals surface area (Å²) in [5, 5.41) is 14.3. The fraction of sp³-hybridized carbons (Fsp3) is 0.571. The van der Waals surface area contributed by atoms with Crippen LogP contribution in [0.4, 0.5) is 11.4 Å². The maximum Gasteiger partial charge on any atom is 0.311 e. The highest BCUT2D eigenvalue weighted by atomic mass is 16.6. The molecule has 5 nitrogen and oxygen atoms in total. The number of benzene rings is 1. The van der Waals surface area contributed by atoms with Gasteiger partial charge in [-0.3, -0.25) is 10.1 Å². The Kier molecular flexibility index (Phi) is 4.60. The Hall–Kier alpha value is -1.78. The van der Waals surface area contributed by atoms with Gasteiger partial charge in [-0.2, -0.15) is 0 Å². The molecule has 5 heteroatoms. The van der Waals surface area contributed by atoms with Crippen LogP contribution in [0.25, 0.3) is 0 Å². The van der Waals surface area contributed by atoms with Crippen LogP contribution in [0.5, 0.6) is 5.75 Å². The van der Waals surface area contributed by atoms with Crippen molar-refractivity contribution >= 4 is 11.4 Å². The SMILES string of the molecule is CCOc1cc(NC2CCCCC2)ccc1[N+](=O)[O-]. The Balaban J connectivity index is 2.12. The molecule has 104 valence electrons. The highest BCUT2D eigenvalue weighted by molar-refractivity contribution is 5.58. The smallest absolute Gasteiger partial charge is 0.311 e. The molecule has 1 saturated carbocycles. The van der Waals surface area contributed by atoms with Crippen molar-refractivity contribution in [3.63, 3.8) is 0 Å². The maximum atomic E-state index is 10.9. The number of ether oxygens (including phenoxy) is 1. The van der Waals surface area contributed by atoms with E-state index in [-0.39, 0.29) is 5.69 Å². The van der Waals surface area contributed by atoms with Gasteiger partial charge in [0, 0.05) is 23.9 Å². The summed E-state index contributed by atoms with van der Waals surface area (Å²) in [6.07, 6.45) is 6.15. The topological polar surface area (TPSA) is 64.4 Å². The fourth-order valence-corrected chi connectivity index (χ4v) is 2.51. The molecule has 1 aromatic carbocycles. The summed E-state index contributed by atoms with van der Waals surface area (Å²) >= 11 is 0. The van der Waals surface area contributed by atoms with E-state index in [1.54, 1.807) is 12.1 Å². The Labute approximate surface area is 113 Å². The summed E-state index contributed by atoms with van der Waals surface area (Å²) in [4.78, 5) is 10.5. The third kappa shape index (κ3) is 3.59. The third-order valence-electron chi connectivity index (χ3n) is 3.43. The van der Waals surface area contributed by atoms with Crippen LogP contribution in [0, 0.1) is 10.1 Å². The van der Waals surface area contributed by atoms with Crippen molar-refractivity contribution in [3.8, 4) is 5.75 Å². The first-order chi connectivity index (χ1) is 9.20. The van der Waals surface area contributed by atoms with Crippen molar-refractivity contribution in [2.75, 3.05) is 11.9 Å². The lowest BCUT2D eigenvalue weighted by atomic mass is 9.95. The van der Waals surface area contributed by atoms with E-state index < -0.39 is 4.92 Å². The minimum atomic E-state index is -0.407. The molecule has 0 amide bonds. The molecule has 2 rings (SSSR count). The summed E-state index contributed by atoms with van der Waals surface area (Å²) in [6.45, 7) is 2.25. The molecule has 0 atom stereocenters. The molecule has 0 saturated heterocycles. The van der Waals surface area contributed by atoms with Crippen LogP contribution in [-0.2, 0) is 0 Å². The van der Waals surface area contributed by atoms with Crippen LogP contribution in [0.1, 0.15) is 39.0 Å². The Morgan fingerprint density at radius 2 is 2.11 bits per heavy atom. The lowest BCUT2D eigenvalue weighted by Gasteiger charge is -2.24. The van der Waals surface area contributed by atoms with Crippen molar-refractivity contribution in [1.29, 1.82) is 0 Å². The van der Waals surface area contributed by atoms with E-state index in [0.29, 0.717) is 18.4 Å². The lowest BCUT2D eigenvalue weighted by Crippen LogP contribution is -2.22. The van der Waals surface area contributed by atoms with Crippen LogP contribution in [0.15, 0.2) is 18.2 Å². The van der Waals surface area contributed by atoms with Gasteiger partial charge >= 0.3 is 5.69 Å². The number of hydrogen-bond acceptors (Lipinski definition) is 4. The van der Waals surface area contributed by atoms with Crippen molar-refractivity contribution < 1.29 is 9.66 Å². The minimum Gasteiger partial charge on any atom is -0.487 e. The standard InChI is InChI=1S/C14H20N2O3/c1-2-19-14-10-12(8-9-13(14)16(17)18)15-11-6-4-3-5-7-11/h8-11,15H,2-7H2,1H3. The number of rotatable bonds is 5. The van der Waals surface area contributed by atoms with Gasteiger partial charge in [0.15, 0.2) is 5.75 Å². The molecule has 0 spiro atoms. The average Bonchev–Trinajstić information content (AvgIpc) is 2.40. The molecule has 0 bridgehead atoms. The lowest BCUT2D eigenvalue weighted by molar-refractivity contribution is -0.385. The second-order valence-electron chi connectivity index (χ2n) is 4.85. The summed E-state index contributed by atoms with van der Waals surface area (Å²) < 4.78 is 5.35. The fourth-order valence-electron chi connectivity index (χ4n) is 2.51. The van der Waals surface area contributed by atoms with E-state index in [1.807, 2.05) is 6.92 Å². The first-order valence-electron chi connectivity index (χ1n) is 6.88. The molecule has 0 radical (unpaired) electrons. The Morgan fingerprint density at radius 1 is 1.37 bits per heavy atom. The summed E-state index contributed by atoms with van der Waals surface area (Å²) in [5.41, 5.74) is 0.928. The second-order valence-corrected chi connectivity index (χ2v) is 4.85. The molecule has 0 unspecified atom stereocenters. The zero-order chi connectivity index (χ0) is 13.7. The van der Waals surface area contributed by atoms with Crippen LogP contribution < -0.4 is 10.1 Å². The van der Waals surface area contributed by atoms with E-state index in [2.05, 4.69) is 5.32 Å². The van der Waals surface area contributed by atoms with Crippen molar-refractivity contribution in [1.82, 2.24) is 0 Å². The highest BCUT2D eigenvalue weighted by Gasteiger charge is 2.17. The number of nitro groups is 1. The number of nitrogens with one attached hydrogen (secondary N) is 1. The van der Waals surface area contributed by atoms with Gasteiger partial charge in [0.25, 0.3) is 0 Å². The Bertz CT molecular complexity index is 442. The molecular weight excluding hydrogens is 244 g/mol. The monoisotopic (exact) mass is 264 g/mol. The van der Waals surface area contributed by atoms with E-state index in [0.717, 1.165) is 5.69 Å². The van der Waals surface area contributed by atoms with E-state index in [4.69, 9.17) is 4.74 Å². The number of nitrogens with zero attached hydrogens (tertiary/aromatic N) is 1. The van der Waals surface area contributed by atoms with Gasteiger partial charge in [0.05, 0.1) is 11.5 Å². The van der Waals surface area contributed by atoms with Crippen LogP contribution in [0.2, 0.25) is 0 Å². The Morgan fingerprint density at radius 3 is 2.74 bits per heavy atom. The predicted molar refractivity (Wildman–Crippen MR) is 74.8 cm³/mol.